The van der Waals surface area contributed by atoms with Gasteiger partial charge in [-0.2, -0.15) is 0 Å². The predicted molar refractivity (Wildman–Crippen MR) is 113 cm³/mol. The smallest absolute Gasteiger partial charge is 0.235 e. The van der Waals surface area contributed by atoms with Crippen molar-refractivity contribution in [2.24, 2.45) is 16.7 Å². The number of fused-ring (bicyclic) bond motifs is 2. The second-order valence-corrected chi connectivity index (χ2v) is 9.66. The van der Waals surface area contributed by atoms with Crippen LogP contribution in [-0.2, 0) is 9.59 Å². The van der Waals surface area contributed by atoms with Gasteiger partial charge in [0, 0.05) is 44.8 Å². The average Bonchev–Trinajstić information content (AvgIpc) is 2.92. The van der Waals surface area contributed by atoms with E-state index in [4.69, 9.17) is 0 Å². The molecule has 6 heteroatoms. The molecule has 1 aromatic rings. The van der Waals surface area contributed by atoms with Crippen molar-refractivity contribution in [3.63, 3.8) is 0 Å². The Morgan fingerprint density at radius 1 is 1.03 bits per heavy atom. The summed E-state index contributed by atoms with van der Waals surface area (Å²) in [5.74, 6) is 1.19. The Labute approximate surface area is 174 Å². The van der Waals surface area contributed by atoms with Crippen LogP contribution < -0.4 is 4.90 Å². The van der Waals surface area contributed by atoms with Crippen LogP contribution in [0.4, 0.5) is 5.82 Å². The Morgan fingerprint density at radius 3 is 2.45 bits per heavy atom. The van der Waals surface area contributed by atoms with Crippen molar-refractivity contribution in [2.75, 3.05) is 44.2 Å². The fourth-order valence-electron chi connectivity index (χ4n) is 5.46. The van der Waals surface area contributed by atoms with Gasteiger partial charge in [0.05, 0.1) is 5.41 Å². The quantitative estimate of drug-likeness (QED) is 0.545. The minimum Gasteiger partial charge on any atom is -0.354 e. The number of rotatable bonds is 6. The molecule has 0 aromatic carbocycles. The van der Waals surface area contributed by atoms with E-state index >= 15 is 0 Å². The molecule has 0 N–H and O–H groups in total. The Bertz CT molecular complexity index is 757. The number of amides is 2. The first-order valence-electron chi connectivity index (χ1n) is 11.1. The molecule has 2 aliphatic heterocycles. The molecule has 6 nitrogen and oxygen atoms in total. The number of piperidine rings is 1. The molecule has 158 valence electrons. The van der Waals surface area contributed by atoms with Crippen LogP contribution in [0.5, 0.6) is 0 Å². The van der Waals surface area contributed by atoms with Gasteiger partial charge in [0.15, 0.2) is 0 Å². The van der Waals surface area contributed by atoms with Gasteiger partial charge in [-0.25, -0.2) is 4.98 Å². The Kier molecular flexibility index (Phi) is 5.40. The van der Waals surface area contributed by atoms with E-state index in [1.54, 1.807) is 4.90 Å². The van der Waals surface area contributed by atoms with E-state index in [2.05, 4.69) is 41.6 Å². The molecule has 3 fully saturated rings. The number of piperazine rings is 1. The first-order valence-corrected chi connectivity index (χ1v) is 11.1. The van der Waals surface area contributed by atoms with Crippen LogP contribution in [0.25, 0.3) is 0 Å². The molecule has 1 aliphatic carbocycles. The predicted octanol–water partition coefficient (Wildman–Crippen LogP) is 2.80. The van der Waals surface area contributed by atoms with E-state index in [1.165, 1.54) is 0 Å². The van der Waals surface area contributed by atoms with Crippen LogP contribution in [0, 0.1) is 16.7 Å². The minimum absolute atomic E-state index is 0.00451. The summed E-state index contributed by atoms with van der Waals surface area (Å²) < 4.78 is 0. The number of hydrogen-bond acceptors (Lipinski definition) is 5. The third kappa shape index (κ3) is 3.45. The molecule has 2 atom stereocenters. The number of imide groups is 1. The van der Waals surface area contributed by atoms with Crippen molar-refractivity contribution >= 4 is 17.6 Å². The second kappa shape index (κ2) is 7.71. The van der Waals surface area contributed by atoms with Crippen molar-refractivity contribution in [1.29, 1.82) is 0 Å². The highest BCUT2D eigenvalue weighted by molar-refractivity contribution is 6.03. The Morgan fingerprint density at radius 2 is 1.76 bits per heavy atom. The van der Waals surface area contributed by atoms with E-state index in [-0.39, 0.29) is 28.6 Å². The lowest BCUT2D eigenvalue weighted by Gasteiger charge is -2.47. The summed E-state index contributed by atoms with van der Waals surface area (Å²) in [5, 5.41) is 0. The first-order chi connectivity index (χ1) is 13.8. The number of carbonyl (C=O) groups excluding carboxylic acids is 2. The zero-order valence-electron chi connectivity index (χ0n) is 18.1. The summed E-state index contributed by atoms with van der Waals surface area (Å²) in [5.41, 5.74) is -0.599. The zero-order chi connectivity index (χ0) is 20.6. The summed E-state index contributed by atoms with van der Waals surface area (Å²) >= 11 is 0. The fourth-order valence-corrected chi connectivity index (χ4v) is 5.46. The highest BCUT2D eigenvalue weighted by Gasteiger charge is 2.64. The van der Waals surface area contributed by atoms with Gasteiger partial charge < -0.3 is 4.90 Å². The molecule has 1 saturated carbocycles. The lowest BCUT2D eigenvalue weighted by Crippen LogP contribution is -2.59. The maximum absolute atomic E-state index is 13.1. The van der Waals surface area contributed by atoms with Gasteiger partial charge >= 0.3 is 0 Å². The van der Waals surface area contributed by atoms with E-state index in [0.717, 1.165) is 64.2 Å². The van der Waals surface area contributed by atoms with E-state index in [1.807, 2.05) is 18.3 Å². The van der Waals surface area contributed by atoms with Crippen LogP contribution in [-0.4, -0.2) is 65.9 Å². The number of unbranched alkanes of at least 4 members (excludes halogenated alkanes) is 1. The summed E-state index contributed by atoms with van der Waals surface area (Å²) in [6, 6.07) is 6.05. The van der Waals surface area contributed by atoms with Crippen molar-refractivity contribution < 1.29 is 9.59 Å². The highest BCUT2D eigenvalue weighted by Crippen LogP contribution is 2.60. The Hall–Kier alpha value is -1.95. The van der Waals surface area contributed by atoms with E-state index in [0.29, 0.717) is 6.54 Å². The number of anilines is 1. The minimum atomic E-state index is -0.382. The number of nitrogens with zero attached hydrogens (tertiary/aromatic N) is 4. The molecule has 0 unspecified atom stereocenters. The maximum Gasteiger partial charge on any atom is 0.235 e. The first kappa shape index (κ1) is 20.3. The Balaban J connectivity index is 1.23. The average molecular weight is 399 g/mol. The largest absolute Gasteiger partial charge is 0.354 e. The van der Waals surface area contributed by atoms with E-state index < -0.39 is 0 Å². The molecule has 1 aromatic heterocycles. The molecular formula is C23H34N4O2. The van der Waals surface area contributed by atoms with Crippen molar-refractivity contribution in [3.05, 3.63) is 24.4 Å². The number of carbonyl (C=O) groups is 2. The number of likely N-dealkylation sites (tertiary alicyclic amines) is 1. The summed E-state index contributed by atoms with van der Waals surface area (Å²) in [4.78, 5) is 36.8. The van der Waals surface area contributed by atoms with Gasteiger partial charge in [0.2, 0.25) is 11.8 Å². The lowest BCUT2D eigenvalue weighted by atomic mass is 9.62. The molecule has 2 amide bonds. The second-order valence-electron chi connectivity index (χ2n) is 9.66. The molecule has 2 saturated heterocycles. The van der Waals surface area contributed by atoms with Crippen molar-refractivity contribution in [1.82, 2.24) is 14.8 Å². The molecule has 29 heavy (non-hydrogen) atoms. The van der Waals surface area contributed by atoms with Gasteiger partial charge in [-0.1, -0.05) is 26.8 Å². The zero-order valence-corrected chi connectivity index (χ0v) is 18.1. The molecular weight excluding hydrogens is 364 g/mol. The van der Waals surface area contributed by atoms with Gasteiger partial charge in [-0.05, 0) is 49.8 Å². The van der Waals surface area contributed by atoms with Crippen LogP contribution in [0.3, 0.4) is 0 Å². The van der Waals surface area contributed by atoms with Gasteiger partial charge in [-0.15, -0.1) is 0 Å². The van der Waals surface area contributed by atoms with Gasteiger partial charge in [0.1, 0.15) is 5.82 Å². The lowest BCUT2D eigenvalue weighted by molar-refractivity contribution is -0.167. The van der Waals surface area contributed by atoms with Crippen LogP contribution in [0.15, 0.2) is 24.4 Å². The number of aromatic nitrogens is 1. The number of hydrogen-bond donors (Lipinski definition) is 0. The SMILES string of the molecule is CC1(C)[C@@H]2CC[C@@]1(C)C(=O)N(CCCCN1CCN(c3ccccn3)CC1)C2=O. The van der Waals surface area contributed by atoms with Gasteiger partial charge in [-0.3, -0.25) is 19.4 Å². The molecule has 0 spiro atoms. The molecule has 4 rings (SSSR count). The third-order valence-corrected chi connectivity index (χ3v) is 7.96. The molecule has 3 heterocycles. The fraction of sp³-hybridized carbons (Fsp3) is 0.696. The van der Waals surface area contributed by atoms with Crippen molar-refractivity contribution in [3.8, 4) is 0 Å². The number of pyridine rings is 1. The topological polar surface area (TPSA) is 56.8 Å². The molecule has 2 bridgehead atoms. The summed E-state index contributed by atoms with van der Waals surface area (Å²) in [6.45, 7) is 11.9. The molecule has 0 radical (unpaired) electrons. The maximum atomic E-state index is 13.1. The van der Waals surface area contributed by atoms with Gasteiger partial charge in [0.25, 0.3) is 0 Å². The van der Waals surface area contributed by atoms with Crippen LogP contribution >= 0.6 is 0 Å². The highest BCUT2D eigenvalue weighted by atomic mass is 16.2. The van der Waals surface area contributed by atoms with Crippen LogP contribution in [0.2, 0.25) is 0 Å². The normalized spacial score (nSPS) is 29.6. The summed E-state index contributed by atoms with van der Waals surface area (Å²) in [7, 11) is 0. The van der Waals surface area contributed by atoms with Crippen molar-refractivity contribution in [2.45, 2.75) is 46.5 Å². The third-order valence-electron chi connectivity index (χ3n) is 7.96. The van der Waals surface area contributed by atoms with Crippen LogP contribution in [0.1, 0.15) is 46.5 Å². The van der Waals surface area contributed by atoms with E-state index in [9.17, 15) is 9.59 Å². The summed E-state index contributed by atoms with van der Waals surface area (Å²) in [6.07, 6.45) is 5.45. The monoisotopic (exact) mass is 398 g/mol. The standard InChI is InChI=1S/C23H34N4O2/c1-22(2)18-9-10-23(22,3)21(29)27(20(18)28)13-7-6-12-25-14-16-26(17-15-25)19-8-4-5-11-24-19/h4-5,8,11,18H,6-7,9-10,12-17H2,1-3H3/t18-,23+/m1/s1. The molecule has 3 aliphatic rings.